The van der Waals surface area contributed by atoms with E-state index in [0.29, 0.717) is 0 Å². The number of rotatable bonds is 4. The number of benzene rings is 4. The van der Waals surface area contributed by atoms with E-state index >= 15 is 0 Å². The average molecular weight is 564 g/mol. The largest absolute Gasteiger partial charge is 0.307 e. The predicted octanol–water partition coefficient (Wildman–Crippen LogP) is 9.40. The van der Waals surface area contributed by atoms with Gasteiger partial charge in [0.2, 0.25) is 0 Å². The minimum absolute atomic E-state index is 0.990. The molecule has 9 rings (SSSR count). The zero-order valence-electron chi connectivity index (χ0n) is 23.7. The standard InChI is InChI=1S/C39H25N5/c1-3-7-35-32(5-1)34-25-42-37-33-6-2-4-8-36(33)44(31-15-11-27(12-16-31)29-19-23-41-24-20-29)39(37)38(34)43(35)30-13-9-26(10-14-30)28-17-21-40-22-18-28/h1-25H. The smallest absolute Gasteiger partial charge is 0.0985 e. The van der Waals surface area contributed by atoms with Crippen molar-refractivity contribution in [3.8, 4) is 33.6 Å². The lowest BCUT2D eigenvalue weighted by Crippen LogP contribution is -1.99. The molecule has 5 aromatic heterocycles. The molecule has 0 unspecified atom stereocenters. The molecular weight excluding hydrogens is 538 g/mol. The minimum Gasteiger partial charge on any atom is -0.307 e. The number of aromatic nitrogens is 5. The monoisotopic (exact) mass is 563 g/mol. The van der Waals surface area contributed by atoms with Crippen molar-refractivity contribution in [2.24, 2.45) is 0 Å². The van der Waals surface area contributed by atoms with Gasteiger partial charge in [0.25, 0.3) is 0 Å². The summed E-state index contributed by atoms with van der Waals surface area (Å²) in [6.45, 7) is 0. The molecule has 9 aromatic rings. The van der Waals surface area contributed by atoms with E-state index in [-0.39, 0.29) is 0 Å². The summed E-state index contributed by atoms with van der Waals surface area (Å²) < 4.78 is 4.77. The van der Waals surface area contributed by atoms with Crippen LogP contribution in [-0.4, -0.2) is 24.1 Å². The van der Waals surface area contributed by atoms with E-state index in [4.69, 9.17) is 4.98 Å². The molecule has 0 aliphatic rings. The van der Waals surface area contributed by atoms with Gasteiger partial charge in [-0.3, -0.25) is 15.0 Å². The molecule has 4 aromatic carbocycles. The Bertz CT molecular complexity index is 2280. The molecule has 0 saturated carbocycles. The van der Waals surface area contributed by atoms with Gasteiger partial charge in [-0.05, 0) is 82.9 Å². The van der Waals surface area contributed by atoms with Crippen LogP contribution in [-0.2, 0) is 0 Å². The highest BCUT2D eigenvalue weighted by Gasteiger charge is 2.22. The van der Waals surface area contributed by atoms with Gasteiger partial charge >= 0.3 is 0 Å². The molecule has 0 aliphatic heterocycles. The Kier molecular flexibility index (Phi) is 5.43. The maximum Gasteiger partial charge on any atom is 0.0985 e. The third-order valence-electron chi connectivity index (χ3n) is 8.59. The zero-order chi connectivity index (χ0) is 29.0. The highest BCUT2D eigenvalue weighted by Crippen LogP contribution is 2.40. The van der Waals surface area contributed by atoms with Crippen molar-refractivity contribution in [2.75, 3.05) is 0 Å². The van der Waals surface area contributed by atoms with E-state index in [9.17, 15) is 0 Å². The maximum atomic E-state index is 5.11. The third kappa shape index (κ3) is 3.69. The molecule has 5 heteroatoms. The molecule has 0 atom stereocenters. The Balaban J connectivity index is 1.35. The van der Waals surface area contributed by atoms with Crippen LogP contribution in [0, 0.1) is 0 Å². The van der Waals surface area contributed by atoms with Crippen LogP contribution in [0.25, 0.3) is 77.4 Å². The Morgan fingerprint density at radius 3 is 1.41 bits per heavy atom. The fourth-order valence-corrected chi connectivity index (χ4v) is 6.56. The summed E-state index contributed by atoms with van der Waals surface area (Å²) >= 11 is 0. The van der Waals surface area contributed by atoms with Crippen molar-refractivity contribution in [1.29, 1.82) is 0 Å². The summed E-state index contributed by atoms with van der Waals surface area (Å²) in [5.41, 5.74) is 12.3. The second kappa shape index (κ2) is 9.75. The van der Waals surface area contributed by atoms with Crippen molar-refractivity contribution >= 4 is 43.7 Å². The molecule has 0 radical (unpaired) electrons. The molecule has 44 heavy (non-hydrogen) atoms. The van der Waals surface area contributed by atoms with Crippen LogP contribution >= 0.6 is 0 Å². The van der Waals surface area contributed by atoms with E-state index < -0.39 is 0 Å². The summed E-state index contributed by atoms with van der Waals surface area (Å²) in [7, 11) is 0. The Morgan fingerprint density at radius 2 is 0.841 bits per heavy atom. The first-order valence-electron chi connectivity index (χ1n) is 14.7. The lowest BCUT2D eigenvalue weighted by Gasteiger charge is -2.13. The van der Waals surface area contributed by atoms with Gasteiger partial charge in [-0.15, -0.1) is 0 Å². The number of para-hydroxylation sites is 2. The Hall–Kier alpha value is -6.07. The molecule has 0 fully saturated rings. The number of pyridine rings is 3. The SMILES string of the molecule is c1ccc2c(c1)c1cnc3c4ccccc4n(-c4ccc(-c5ccncc5)cc4)c3c1n2-c1ccc(-c2ccncc2)cc1. The van der Waals surface area contributed by atoms with Crippen molar-refractivity contribution in [1.82, 2.24) is 24.1 Å². The quantitative estimate of drug-likeness (QED) is 0.214. The van der Waals surface area contributed by atoms with Crippen LogP contribution in [0.15, 0.2) is 152 Å². The summed E-state index contributed by atoms with van der Waals surface area (Å²) in [5.74, 6) is 0. The number of nitrogens with zero attached hydrogens (tertiary/aromatic N) is 5. The van der Waals surface area contributed by atoms with Crippen molar-refractivity contribution in [3.05, 3.63) is 152 Å². The fourth-order valence-electron chi connectivity index (χ4n) is 6.56. The normalized spacial score (nSPS) is 11.6. The maximum absolute atomic E-state index is 5.11. The lowest BCUT2D eigenvalue weighted by atomic mass is 10.1. The predicted molar refractivity (Wildman–Crippen MR) is 179 cm³/mol. The van der Waals surface area contributed by atoms with Gasteiger partial charge in [-0.1, -0.05) is 60.7 Å². The molecule has 0 amide bonds. The van der Waals surface area contributed by atoms with Gasteiger partial charge in [-0.2, -0.15) is 0 Å². The molecule has 0 spiro atoms. The topological polar surface area (TPSA) is 48.5 Å². The van der Waals surface area contributed by atoms with Crippen LogP contribution in [0.2, 0.25) is 0 Å². The van der Waals surface area contributed by atoms with Crippen LogP contribution in [0.4, 0.5) is 0 Å². The van der Waals surface area contributed by atoms with Gasteiger partial charge in [0, 0.05) is 58.5 Å². The fraction of sp³-hybridized carbons (Fsp3) is 0. The molecule has 5 nitrogen and oxygen atoms in total. The molecular formula is C39H25N5. The van der Waals surface area contributed by atoms with E-state index in [1.807, 2.05) is 55.2 Å². The Morgan fingerprint density at radius 1 is 0.386 bits per heavy atom. The van der Waals surface area contributed by atoms with E-state index in [1.54, 1.807) is 0 Å². The van der Waals surface area contributed by atoms with Gasteiger partial charge in [0.1, 0.15) is 0 Å². The van der Waals surface area contributed by atoms with Gasteiger partial charge < -0.3 is 9.13 Å². The molecule has 0 bridgehead atoms. The highest BCUT2D eigenvalue weighted by atomic mass is 15.1. The summed E-state index contributed by atoms with van der Waals surface area (Å²) in [4.78, 5) is 13.5. The first-order chi connectivity index (χ1) is 21.8. The van der Waals surface area contributed by atoms with Crippen LogP contribution in [0.1, 0.15) is 0 Å². The van der Waals surface area contributed by atoms with Gasteiger partial charge in [0.15, 0.2) is 0 Å². The zero-order valence-corrected chi connectivity index (χ0v) is 23.7. The second-order valence-corrected chi connectivity index (χ2v) is 11.0. The molecule has 0 saturated heterocycles. The van der Waals surface area contributed by atoms with Gasteiger partial charge in [-0.25, -0.2) is 0 Å². The summed E-state index contributed by atoms with van der Waals surface area (Å²) in [5, 5.41) is 3.44. The van der Waals surface area contributed by atoms with Crippen LogP contribution in [0.5, 0.6) is 0 Å². The van der Waals surface area contributed by atoms with Crippen molar-refractivity contribution in [3.63, 3.8) is 0 Å². The number of fused-ring (bicyclic) bond motifs is 7. The lowest BCUT2D eigenvalue weighted by molar-refractivity contribution is 1.15. The Labute approximate surface area is 253 Å². The first-order valence-corrected chi connectivity index (χ1v) is 14.7. The van der Waals surface area contributed by atoms with Crippen molar-refractivity contribution < 1.29 is 0 Å². The molecule has 0 N–H and O–H groups in total. The average Bonchev–Trinajstić information content (AvgIpc) is 3.62. The van der Waals surface area contributed by atoms with Crippen LogP contribution < -0.4 is 0 Å². The molecule has 0 aliphatic carbocycles. The minimum atomic E-state index is 0.990. The third-order valence-corrected chi connectivity index (χ3v) is 8.59. The van der Waals surface area contributed by atoms with Crippen molar-refractivity contribution in [2.45, 2.75) is 0 Å². The van der Waals surface area contributed by atoms with E-state index in [2.05, 4.69) is 116 Å². The first kappa shape index (κ1) is 24.5. The van der Waals surface area contributed by atoms with Gasteiger partial charge in [0.05, 0.1) is 27.6 Å². The van der Waals surface area contributed by atoms with E-state index in [1.165, 1.54) is 5.39 Å². The number of hydrogen-bond donors (Lipinski definition) is 0. The molecule has 206 valence electrons. The van der Waals surface area contributed by atoms with E-state index in [0.717, 1.165) is 72.0 Å². The second-order valence-electron chi connectivity index (χ2n) is 11.0. The highest BCUT2D eigenvalue weighted by molar-refractivity contribution is 6.22. The number of hydrogen-bond acceptors (Lipinski definition) is 3. The summed E-state index contributed by atoms with van der Waals surface area (Å²) in [6, 6.07) is 43.0. The summed E-state index contributed by atoms with van der Waals surface area (Å²) in [6.07, 6.45) is 9.39. The van der Waals surface area contributed by atoms with Crippen LogP contribution in [0.3, 0.4) is 0 Å². The molecule has 5 heterocycles.